The Hall–Kier alpha value is -4.20. The van der Waals surface area contributed by atoms with Crippen molar-refractivity contribution in [1.82, 2.24) is 10.7 Å². The average Bonchev–Trinajstić information content (AvgIpc) is 3.14. The van der Waals surface area contributed by atoms with E-state index in [0.29, 0.717) is 22.6 Å². The third-order valence-electron chi connectivity index (χ3n) is 5.39. The number of halogens is 1. The smallest absolute Gasteiger partial charge is 0.304 e. The van der Waals surface area contributed by atoms with E-state index in [1.165, 1.54) is 12.1 Å². The summed E-state index contributed by atoms with van der Waals surface area (Å²) in [6.45, 7) is 0. The Morgan fingerprint density at radius 1 is 0.939 bits per heavy atom. The van der Waals surface area contributed by atoms with Crippen LogP contribution in [0.5, 0.6) is 11.5 Å². The van der Waals surface area contributed by atoms with E-state index in [9.17, 15) is 14.0 Å². The van der Waals surface area contributed by atoms with Crippen molar-refractivity contribution in [3.8, 4) is 11.5 Å². The number of nitrogens with one attached hydrogen (secondary N) is 2. The first kappa shape index (κ1) is 22.0. The van der Waals surface area contributed by atoms with Gasteiger partial charge < -0.3 is 14.8 Å². The quantitative estimate of drug-likeness (QED) is 0.569. The van der Waals surface area contributed by atoms with Crippen LogP contribution in [0.15, 0.2) is 72.8 Å². The standard InChI is InChI=1S/C25H22FN3O4/c1-32-20-11-5-17(6-12-20)23-22(27-24(30)18-7-13-21(33-2)14-8-18)25(31)28-29(23)15-16-3-9-19(26)10-4-16/h3-15,22-23H,1-2H3,(H-,27,28,30,31)/p+1/b29-15-/t22-,23-/m0/s1. The van der Waals surface area contributed by atoms with Gasteiger partial charge >= 0.3 is 5.91 Å². The van der Waals surface area contributed by atoms with Gasteiger partial charge in [0.25, 0.3) is 5.91 Å². The second kappa shape index (κ2) is 9.52. The Bertz CT molecular complexity index is 1180. The molecule has 2 atom stereocenters. The molecular weight excluding hydrogens is 425 g/mol. The van der Waals surface area contributed by atoms with Crippen molar-refractivity contribution in [1.29, 1.82) is 0 Å². The number of benzene rings is 3. The van der Waals surface area contributed by atoms with E-state index in [0.717, 1.165) is 5.56 Å². The van der Waals surface area contributed by atoms with Gasteiger partial charge in [0.15, 0.2) is 6.04 Å². The summed E-state index contributed by atoms with van der Waals surface area (Å²) in [5.41, 5.74) is 4.68. The molecular formula is C25H23FN3O4+. The molecule has 7 nitrogen and oxygen atoms in total. The fraction of sp³-hybridized carbons (Fsp3) is 0.160. The molecule has 4 rings (SSSR count). The summed E-state index contributed by atoms with van der Waals surface area (Å²) < 4.78 is 25.3. The van der Waals surface area contributed by atoms with Crippen LogP contribution in [0.3, 0.4) is 0 Å². The number of carbonyl (C=O) groups excluding carboxylic acids is 2. The largest absolute Gasteiger partial charge is 0.497 e. The van der Waals surface area contributed by atoms with Crippen LogP contribution in [-0.2, 0) is 4.79 Å². The molecule has 33 heavy (non-hydrogen) atoms. The van der Waals surface area contributed by atoms with Crippen LogP contribution in [0.1, 0.15) is 27.5 Å². The van der Waals surface area contributed by atoms with Crippen molar-refractivity contribution in [2.45, 2.75) is 12.1 Å². The second-order valence-electron chi connectivity index (χ2n) is 7.46. The van der Waals surface area contributed by atoms with E-state index in [2.05, 4.69) is 10.7 Å². The van der Waals surface area contributed by atoms with Crippen molar-refractivity contribution in [2.75, 3.05) is 14.2 Å². The molecule has 8 heteroatoms. The zero-order chi connectivity index (χ0) is 23.4. The van der Waals surface area contributed by atoms with Crippen LogP contribution < -0.4 is 20.2 Å². The topological polar surface area (TPSA) is 79.7 Å². The molecule has 1 fully saturated rings. The number of hydrogen-bond donors (Lipinski definition) is 2. The third-order valence-corrected chi connectivity index (χ3v) is 5.39. The molecule has 1 aliphatic heterocycles. The summed E-state index contributed by atoms with van der Waals surface area (Å²) in [4.78, 5) is 25.8. The molecule has 1 aliphatic rings. The summed E-state index contributed by atoms with van der Waals surface area (Å²) >= 11 is 0. The highest BCUT2D eigenvalue weighted by atomic mass is 19.1. The molecule has 0 aliphatic carbocycles. The predicted molar refractivity (Wildman–Crippen MR) is 120 cm³/mol. The number of methoxy groups -OCH3 is 2. The van der Waals surface area contributed by atoms with Crippen LogP contribution >= 0.6 is 0 Å². The van der Waals surface area contributed by atoms with Crippen molar-refractivity contribution in [3.05, 3.63) is 95.3 Å². The molecule has 0 spiro atoms. The van der Waals surface area contributed by atoms with Gasteiger partial charge in [-0.05, 0) is 72.8 Å². The second-order valence-corrected chi connectivity index (χ2v) is 7.46. The zero-order valence-corrected chi connectivity index (χ0v) is 18.1. The van der Waals surface area contributed by atoms with Gasteiger partial charge in [-0.3, -0.25) is 9.59 Å². The maximum Gasteiger partial charge on any atom is 0.304 e. The van der Waals surface area contributed by atoms with Crippen molar-refractivity contribution >= 4 is 18.0 Å². The lowest BCUT2D eigenvalue weighted by atomic mass is 9.99. The lowest BCUT2D eigenvalue weighted by molar-refractivity contribution is -0.596. The average molecular weight is 448 g/mol. The molecule has 2 amide bonds. The molecule has 2 N–H and O–H groups in total. The van der Waals surface area contributed by atoms with Gasteiger partial charge in [-0.25, -0.2) is 4.39 Å². The fourth-order valence-corrected chi connectivity index (χ4v) is 3.66. The Kier molecular flexibility index (Phi) is 6.35. The molecule has 1 saturated heterocycles. The molecule has 0 bridgehead atoms. The Labute approximate surface area is 190 Å². The number of amides is 2. The maximum absolute atomic E-state index is 13.3. The van der Waals surface area contributed by atoms with Crippen LogP contribution in [-0.4, -0.2) is 43.0 Å². The number of hydrazine groups is 1. The first-order chi connectivity index (χ1) is 16.0. The highest BCUT2D eigenvalue weighted by molar-refractivity contribution is 5.98. The first-order valence-electron chi connectivity index (χ1n) is 10.3. The predicted octanol–water partition coefficient (Wildman–Crippen LogP) is 2.86. The van der Waals surface area contributed by atoms with Crippen molar-refractivity contribution in [2.24, 2.45) is 0 Å². The minimum atomic E-state index is -0.871. The van der Waals surface area contributed by atoms with Gasteiger partial charge in [-0.15, -0.1) is 10.1 Å². The minimum absolute atomic E-state index is 0.353. The monoisotopic (exact) mass is 448 g/mol. The number of hydrogen-bond acceptors (Lipinski definition) is 4. The SMILES string of the molecule is COc1ccc(C(=O)N[C@@H]2C(=O)N/[N+](=C\c3ccc(F)cc3)[C@H]2c2ccc(OC)cc2)cc1. The van der Waals surface area contributed by atoms with Crippen LogP contribution in [0.25, 0.3) is 0 Å². The minimum Gasteiger partial charge on any atom is -0.497 e. The number of rotatable bonds is 6. The Morgan fingerprint density at radius 3 is 2.09 bits per heavy atom. The number of nitrogens with zero attached hydrogens (tertiary/aromatic N) is 1. The van der Waals surface area contributed by atoms with Gasteiger partial charge in [0, 0.05) is 16.7 Å². The highest BCUT2D eigenvalue weighted by Crippen LogP contribution is 2.27. The molecule has 0 radical (unpaired) electrons. The highest BCUT2D eigenvalue weighted by Gasteiger charge is 2.47. The molecule has 1 heterocycles. The summed E-state index contributed by atoms with van der Waals surface area (Å²) in [5, 5.41) is 2.84. The van der Waals surface area contributed by atoms with E-state index < -0.39 is 12.1 Å². The maximum atomic E-state index is 13.3. The zero-order valence-electron chi connectivity index (χ0n) is 18.1. The molecule has 3 aromatic carbocycles. The summed E-state index contributed by atoms with van der Waals surface area (Å²) in [6.07, 6.45) is 1.70. The van der Waals surface area contributed by atoms with Crippen LogP contribution in [0.4, 0.5) is 4.39 Å². The Morgan fingerprint density at radius 2 is 1.52 bits per heavy atom. The fourth-order valence-electron chi connectivity index (χ4n) is 3.66. The van der Waals surface area contributed by atoms with E-state index in [1.54, 1.807) is 73.6 Å². The lowest BCUT2D eigenvalue weighted by Crippen LogP contribution is -2.42. The van der Waals surface area contributed by atoms with Crippen molar-refractivity contribution in [3.63, 3.8) is 0 Å². The summed E-state index contributed by atoms with van der Waals surface area (Å²) in [7, 11) is 3.12. The normalized spacial score (nSPS) is 18.6. The molecule has 0 saturated carbocycles. The van der Waals surface area contributed by atoms with Crippen molar-refractivity contribution < 1.29 is 28.1 Å². The van der Waals surface area contributed by atoms with E-state index in [1.807, 2.05) is 12.1 Å². The number of ether oxygens (including phenoxy) is 2. The van der Waals surface area contributed by atoms with Gasteiger partial charge in [-0.2, -0.15) is 0 Å². The summed E-state index contributed by atoms with van der Waals surface area (Å²) in [5.74, 6) is 0.190. The van der Waals surface area contributed by atoms with Gasteiger partial charge in [-0.1, -0.05) is 0 Å². The van der Waals surface area contributed by atoms with Crippen LogP contribution in [0, 0.1) is 5.82 Å². The Balaban J connectivity index is 1.67. The van der Waals surface area contributed by atoms with Gasteiger partial charge in [0.1, 0.15) is 17.3 Å². The third kappa shape index (κ3) is 4.85. The first-order valence-corrected chi connectivity index (χ1v) is 10.3. The molecule has 3 aromatic rings. The van der Waals surface area contributed by atoms with Crippen LogP contribution in [0.2, 0.25) is 0 Å². The number of hydrazone groups is 1. The molecule has 168 valence electrons. The van der Waals surface area contributed by atoms with E-state index >= 15 is 0 Å². The molecule has 0 aromatic heterocycles. The van der Waals surface area contributed by atoms with Gasteiger partial charge in [0.05, 0.1) is 14.2 Å². The lowest BCUT2D eigenvalue weighted by Gasteiger charge is -2.15. The molecule has 0 unspecified atom stereocenters. The van der Waals surface area contributed by atoms with E-state index in [4.69, 9.17) is 9.47 Å². The van der Waals surface area contributed by atoms with E-state index in [-0.39, 0.29) is 17.6 Å². The van der Waals surface area contributed by atoms with Gasteiger partial charge in [0.2, 0.25) is 12.3 Å². The summed E-state index contributed by atoms with van der Waals surface area (Å²) in [6, 6.07) is 18.4. The number of carbonyl (C=O) groups is 2.